The summed E-state index contributed by atoms with van der Waals surface area (Å²) in [5, 5.41) is 3.86. The van der Waals surface area contributed by atoms with Crippen molar-refractivity contribution in [1.29, 1.82) is 0 Å². The average Bonchev–Trinajstić information content (AvgIpc) is 2.74. The molecule has 0 amide bonds. The zero-order valence-electron chi connectivity index (χ0n) is 10.7. The second-order valence-corrected chi connectivity index (χ2v) is 7.30. The van der Waals surface area contributed by atoms with Crippen LogP contribution in [0.2, 0.25) is 9.36 Å². The molecule has 1 atom stereocenters. The maximum Gasteiger partial charge on any atom is 0.128 e. The highest BCUT2D eigenvalue weighted by atomic mass is 79.9. The number of nitrogens with one attached hydrogen (secondary N) is 1. The third-order valence-corrected chi connectivity index (χ3v) is 5.59. The first kappa shape index (κ1) is 16.2. The maximum absolute atomic E-state index is 14.1. The van der Waals surface area contributed by atoms with Gasteiger partial charge in [0.05, 0.1) is 6.04 Å². The molecule has 6 heteroatoms. The maximum atomic E-state index is 14.1. The third kappa shape index (κ3) is 3.74. The molecule has 0 bridgehead atoms. The van der Waals surface area contributed by atoms with E-state index in [1.807, 2.05) is 6.07 Å². The van der Waals surface area contributed by atoms with Gasteiger partial charge in [-0.15, -0.1) is 11.3 Å². The van der Waals surface area contributed by atoms with Crippen LogP contribution in [0.25, 0.3) is 0 Å². The molecular formula is C14H13BrCl2FNS. The minimum atomic E-state index is -0.274. The molecule has 1 aromatic heterocycles. The van der Waals surface area contributed by atoms with Gasteiger partial charge >= 0.3 is 0 Å². The molecule has 0 saturated heterocycles. The van der Waals surface area contributed by atoms with E-state index >= 15 is 0 Å². The second kappa shape index (κ2) is 7.23. The molecule has 2 aromatic rings. The second-order valence-electron chi connectivity index (χ2n) is 4.32. The van der Waals surface area contributed by atoms with E-state index in [1.54, 1.807) is 12.1 Å². The quantitative estimate of drug-likeness (QED) is 0.648. The van der Waals surface area contributed by atoms with E-state index < -0.39 is 0 Å². The Bertz CT molecular complexity index is 583. The van der Waals surface area contributed by atoms with E-state index in [2.05, 4.69) is 28.2 Å². The van der Waals surface area contributed by atoms with Crippen molar-refractivity contribution in [1.82, 2.24) is 5.32 Å². The number of hydrogen-bond donors (Lipinski definition) is 1. The smallest absolute Gasteiger partial charge is 0.128 e. The van der Waals surface area contributed by atoms with Crippen molar-refractivity contribution in [3.63, 3.8) is 0 Å². The first-order valence-electron chi connectivity index (χ1n) is 6.16. The minimum Gasteiger partial charge on any atom is -0.306 e. The van der Waals surface area contributed by atoms with Crippen LogP contribution in [0.3, 0.4) is 0 Å². The van der Waals surface area contributed by atoms with E-state index in [0.29, 0.717) is 14.9 Å². The topological polar surface area (TPSA) is 12.0 Å². The van der Waals surface area contributed by atoms with E-state index in [4.69, 9.17) is 23.2 Å². The lowest BCUT2D eigenvalue weighted by molar-refractivity contribution is 0.551. The average molecular weight is 397 g/mol. The Morgan fingerprint density at radius 3 is 2.70 bits per heavy atom. The highest BCUT2D eigenvalue weighted by molar-refractivity contribution is 9.10. The number of thiophene rings is 1. The van der Waals surface area contributed by atoms with Crippen molar-refractivity contribution in [3.05, 3.63) is 54.4 Å². The monoisotopic (exact) mass is 395 g/mol. The third-order valence-electron chi connectivity index (χ3n) is 2.82. The molecule has 0 spiro atoms. The Kier molecular flexibility index (Phi) is 5.87. The van der Waals surface area contributed by atoms with Crippen molar-refractivity contribution in [2.45, 2.75) is 19.4 Å². The van der Waals surface area contributed by atoms with Crippen LogP contribution in [-0.4, -0.2) is 6.54 Å². The largest absolute Gasteiger partial charge is 0.306 e. The molecule has 0 fully saturated rings. The van der Waals surface area contributed by atoms with Crippen LogP contribution in [0, 0.1) is 5.82 Å². The highest BCUT2D eigenvalue weighted by Gasteiger charge is 2.21. The van der Waals surface area contributed by atoms with Gasteiger partial charge in [0.1, 0.15) is 10.2 Å². The lowest BCUT2D eigenvalue weighted by Crippen LogP contribution is -2.23. The van der Waals surface area contributed by atoms with E-state index in [-0.39, 0.29) is 11.9 Å². The summed E-state index contributed by atoms with van der Waals surface area (Å²) >= 11 is 16.9. The first-order chi connectivity index (χ1) is 9.52. The van der Waals surface area contributed by atoms with E-state index in [9.17, 15) is 4.39 Å². The van der Waals surface area contributed by atoms with Crippen molar-refractivity contribution in [2.24, 2.45) is 0 Å². The van der Waals surface area contributed by atoms with E-state index in [0.717, 1.165) is 22.3 Å². The Morgan fingerprint density at radius 2 is 2.10 bits per heavy atom. The Hall–Kier alpha value is -0.130. The SMILES string of the molecule is CCCNC(c1cc(Br)c(Cl)s1)c1cc(Cl)ccc1F. The summed E-state index contributed by atoms with van der Waals surface area (Å²) in [6, 6.07) is 6.27. The van der Waals surface area contributed by atoms with Gasteiger partial charge in [-0.2, -0.15) is 0 Å². The fourth-order valence-corrected chi connectivity index (χ4v) is 3.91. The number of halogens is 4. The number of benzene rings is 1. The molecule has 0 radical (unpaired) electrons. The van der Waals surface area contributed by atoms with Crippen LogP contribution in [0.15, 0.2) is 28.7 Å². The molecule has 108 valence electrons. The van der Waals surface area contributed by atoms with Crippen LogP contribution in [0.1, 0.15) is 29.8 Å². The lowest BCUT2D eigenvalue weighted by atomic mass is 10.0. The summed E-state index contributed by atoms with van der Waals surface area (Å²) in [7, 11) is 0. The zero-order valence-corrected chi connectivity index (χ0v) is 14.6. The van der Waals surface area contributed by atoms with Gasteiger partial charge in [0.25, 0.3) is 0 Å². The normalized spacial score (nSPS) is 12.7. The number of hydrogen-bond acceptors (Lipinski definition) is 2. The molecule has 1 heterocycles. The Balaban J connectivity index is 2.43. The standard InChI is InChI=1S/C14H13BrCl2FNS/c1-2-5-19-13(12-7-10(15)14(17)20-12)9-6-8(16)3-4-11(9)18/h3-4,6-7,13,19H,2,5H2,1H3. The van der Waals surface area contributed by atoms with Crippen molar-refractivity contribution in [2.75, 3.05) is 6.54 Å². The molecule has 0 aliphatic rings. The molecule has 0 aliphatic heterocycles. The molecule has 0 saturated carbocycles. The van der Waals surface area contributed by atoms with Gasteiger partial charge in [-0.05, 0) is 53.2 Å². The molecule has 1 unspecified atom stereocenters. The Morgan fingerprint density at radius 1 is 1.35 bits per heavy atom. The summed E-state index contributed by atoms with van der Waals surface area (Å²) in [6.07, 6.45) is 0.957. The van der Waals surface area contributed by atoms with Gasteiger partial charge in [-0.25, -0.2) is 4.39 Å². The van der Waals surface area contributed by atoms with Gasteiger partial charge in [0, 0.05) is 19.9 Å². The van der Waals surface area contributed by atoms with Crippen LogP contribution in [0.4, 0.5) is 4.39 Å². The van der Waals surface area contributed by atoms with Gasteiger partial charge in [0.2, 0.25) is 0 Å². The van der Waals surface area contributed by atoms with Crippen molar-refractivity contribution >= 4 is 50.5 Å². The van der Waals surface area contributed by atoms with Gasteiger partial charge in [0.15, 0.2) is 0 Å². The van der Waals surface area contributed by atoms with Crippen LogP contribution < -0.4 is 5.32 Å². The van der Waals surface area contributed by atoms with Gasteiger partial charge in [-0.1, -0.05) is 30.1 Å². The summed E-state index contributed by atoms with van der Waals surface area (Å²) in [4.78, 5) is 0.955. The first-order valence-corrected chi connectivity index (χ1v) is 8.52. The predicted octanol–water partition coefficient (Wildman–Crippen LogP) is 6.05. The molecule has 1 nitrogen and oxygen atoms in total. The summed E-state index contributed by atoms with van der Waals surface area (Å²) < 4.78 is 15.6. The molecule has 1 N–H and O–H groups in total. The molecule has 0 aliphatic carbocycles. The van der Waals surface area contributed by atoms with Crippen LogP contribution >= 0.6 is 50.5 Å². The van der Waals surface area contributed by atoms with Crippen LogP contribution in [-0.2, 0) is 0 Å². The number of rotatable bonds is 5. The fraction of sp³-hybridized carbons (Fsp3) is 0.286. The summed E-state index contributed by atoms with van der Waals surface area (Å²) in [6.45, 7) is 2.85. The van der Waals surface area contributed by atoms with Crippen molar-refractivity contribution < 1.29 is 4.39 Å². The summed E-state index contributed by atoms with van der Waals surface area (Å²) in [5.74, 6) is -0.274. The predicted molar refractivity (Wildman–Crippen MR) is 88.6 cm³/mol. The molecule has 20 heavy (non-hydrogen) atoms. The molecule has 2 rings (SSSR count). The Labute approximate surface area is 140 Å². The van der Waals surface area contributed by atoms with Crippen LogP contribution in [0.5, 0.6) is 0 Å². The minimum absolute atomic E-state index is 0.248. The van der Waals surface area contributed by atoms with Gasteiger partial charge < -0.3 is 5.32 Å². The molecular weight excluding hydrogens is 384 g/mol. The van der Waals surface area contributed by atoms with E-state index in [1.165, 1.54) is 17.4 Å². The summed E-state index contributed by atoms with van der Waals surface area (Å²) in [5.41, 5.74) is 0.538. The zero-order chi connectivity index (χ0) is 14.7. The molecule has 1 aromatic carbocycles. The fourth-order valence-electron chi connectivity index (χ4n) is 1.89. The highest BCUT2D eigenvalue weighted by Crippen LogP contribution is 2.38. The lowest BCUT2D eigenvalue weighted by Gasteiger charge is -2.18. The van der Waals surface area contributed by atoms with Crippen molar-refractivity contribution in [3.8, 4) is 0 Å². The van der Waals surface area contributed by atoms with Gasteiger partial charge in [-0.3, -0.25) is 0 Å².